The number of esters is 1. The molecular formula is C12H15BrO2. The Kier molecular flexibility index (Phi) is 4.33. The molecule has 0 N–H and O–H groups in total. The molecule has 0 unspecified atom stereocenters. The van der Waals surface area contributed by atoms with E-state index >= 15 is 0 Å². The number of benzene rings is 1. The second-order valence-electron chi connectivity index (χ2n) is 3.50. The quantitative estimate of drug-likeness (QED) is 0.786. The zero-order chi connectivity index (χ0) is 11.4. The molecule has 1 aromatic carbocycles. The third-order valence-electron chi connectivity index (χ3n) is 2.35. The lowest BCUT2D eigenvalue weighted by molar-refractivity contribution is 0.0599. The van der Waals surface area contributed by atoms with Gasteiger partial charge in [0, 0.05) is 4.47 Å². The van der Waals surface area contributed by atoms with E-state index in [1.807, 2.05) is 12.1 Å². The molecule has 0 amide bonds. The summed E-state index contributed by atoms with van der Waals surface area (Å²) >= 11 is 3.37. The monoisotopic (exact) mass is 270 g/mol. The van der Waals surface area contributed by atoms with Crippen LogP contribution in [0.4, 0.5) is 0 Å². The van der Waals surface area contributed by atoms with E-state index in [9.17, 15) is 4.79 Å². The van der Waals surface area contributed by atoms with Crippen LogP contribution in [0.1, 0.15) is 34.8 Å². The van der Waals surface area contributed by atoms with Crippen LogP contribution in [0.2, 0.25) is 0 Å². The highest BCUT2D eigenvalue weighted by molar-refractivity contribution is 9.10. The number of methoxy groups -OCH3 is 1. The number of halogens is 1. The van der Waals surface area contributed by atoms with Crippen LogP contribution in [0.5, 0.6) is 0 Å². The molecule has 1 aromatic rings. The van der Waals surface area contributed by atoms with Crippen LogP contribution in [-0.4, -0.2) is 13.1 Å². The lowest BCUT2D eigenvalue weighted by Gasteiger charge is -2.09. The van der Waals surface area contributed by atoms with E-state index in [0.717, 1.165) is 17.3 Å². The van der Waals surface area contributed by atoms with E-state index in [4.69, 9.17) is 4.74 Å². The molecule has 1 rings (SSSR count). The normalized spacial score (nSPS) is 10.1. The number of carbonyl (C=O) groups is 1. The molecule has 0 saturated carbocycles. The maximum absolute atomic E-state index is 11.4. The second-order valence-corrected chi connectivity index (χ2v) is 4.35. The van der Waals surface area contributed by atoms with Gasteiger partial charge >= 0.3 is 5.97 Å². The fourth-order valence-corrected chi connectivity index (χ4v) is 2.14. The summed E-state index contributed by atoms with van der Waals surface area (Å²) in [4.78, 5) is 11.4. The van der Waals surface area contributed by atoms with Gasteiger partial charge in [-0.25, -0.2) is 4.79 Å². The van der Waals surface area contributed by atoms with E-state index < -0.39 is 0 Å². The largest absolute Gasteiger partial charge is 0.465 e. The number of ether oxygens (including phenoxy) is 1. The first-order chi connectivity index (χ1) is 7.10. The number of hydrogen-bond donors (Lipinski definition) is 0. The summed E-state index contributed by atoms with van der Waals surface area (Å²) in [5.41, 5.74) is 3.02. The predicted molar refractivity (Wildman–Crippen MR) is 64.2 cm³/mol. The van der Waals surface area contributed by atoms with Crippen LogP contribution >= 0.6 is 15.9 Å². The summed E-state index contributed by atoms with van der Waals surface area (Å²) < 4.78 is 5.52. The Balaban J connectivity index is 3.17. The molecule has 0 radical (unpaired) electrons. The zero-order valence-electron chi connectivity index (χ0n) is 9.26. The highest BCUT2D eigenvalue weighted by atomic mass is 79.9. The minimum absolute atomic E-state index is 0.292. The standard InChI is InChI=1S/C12H15BrO2/c1-4-5-9-7-10(12(14)15-3)11(13)6-8(9)2/h6-7H,4-5H2,1-3H3. The first-order valence-electron chi connectivity index (χ1n) is 4.97. The average Bonchev–Trinajstić information content (AvgIpc) is 2.21. The van der Waals surface area contributed by atoms with E-state index in [1.54, 1.807) is 0 Å². The van der Waals surface area contributed by atoms with Crippen molar-refractivity contribution in [3.8, 4) is 0 Å². The van der Waals surface area contributed by atoms with E-state index in [2.05, 4.69) is 29.8 Å². The van der Waals surface area contributed by atoms with Gasteiger partial charge in [0.1, 0.15) is 0 Å². The molecule has 0 bridgehead atoms. The Morgan fingerprint density at radius 3 is 2.67 bits per heavy atom. The summed E-state index contributed by atoms with van der Waals surface area (Å²) in [6, 6.07) is 3.88. The lowest BCUT2D eigenvalue weighted by atomic mass is 10.0. The van der Waals surface area contributed by atoms with Gasteiger partial charge in [0.15, 0.2) is 0 Å². The van der Waals surface area contributed by atoms with Gasteiger partial charge in [-0.1, -0.05) is 13.3 Å². The molecule has 0 atom stereocenters. The van der Waals surface area contributed by atoms with Crippen molar-refractivity contribution >= 4 is 21.9 Å². The lowest BCUT2D eigenvalue weighted by Crippen LogP contribution is -2.04. The fourth-order valence-electron chi connectivity index (χ4n) is 1.52. The minimum atomic E-state index is -0.292. The SMILES string of the molecule is CCCc1cc(C(=O)OC)c(Br)cc1C. The topological polar surface area (TPSA) is 26.3 Å². The highest BCUT2D eigenvalue weighted by Crippen LogP contribution is 2.23. The van der Waals surface area contributed by atoms with Gasteiger partial charge in [0.25, 0.3) is 0 Å². The Morgan fingerprint density at radius 1 is 1.47 bits per heavy atom. The molecule has 0 heterocycles. The summed E-state index contributed by atoms with van der Waals surface area (Å²) in [6.07, 6.45) is 2.06. The molecule has 0 fully saturated rings. The second kappa shape index (κ2) is 5.31. The van der Waals surface area contributed by atoms with Crippen LogP contribution in [0, 0.1) is 6.92 Å². The molecule has 0 aliphatic heterocycles. The molecule has 3 heteroatoms. The van der Waals surface area contributed by atoms with Crippen molar-refractivity contribution in [2.24, 2.45) is 0 Å². The molecule has 0 spiro atoms. The van der Waals surface area contributed by atoms with Gasteiger partial charge in [-0.2, -0.15) is 0 Å². The molecule has 82 valence electrons. The first kappa shape index (κ1) is 12.2. The average molecular weight is 271 g/mol. The molecule has 0 aliphatic rings. The van der Waals surface area contributed by atoms with Gasteiger partial charge in [0.05, 0.1) is 12.7 Å². The summed E-state index contributed by atoms with van der Waals surface area (Å²) in [6.45, 7) is 4.18. The van der Waals surface area contributed by atoms with E-state index in [0.29, 0.717) is 5.56 Å². The fraction of sp³-hybridized carbons (Fsp3) is 0.417. The van der Waals surface area contributed by atoms with Crippen LogP contribution in [0.3, 0.4) is 0 Å². The molecule has 0 saturated heterocycles. The smallest absolute Gasteiger partial charge is 0.339 e. The molecule has 15 heavy (non-hydrogen) atoms. The summed E-state index contributed by atoms with van der Waals surface area (Å²) in [5.74, 6) is -0.292. The first-order valence-corrected chi connectivity index (χ1v) is 5.76. The van der Waals surface area contributed by atoms with Gasteiger partial charge < -0.3 is 4.74 Å². The summed E-state index contributed by atoms with van der Waals surface area (Å²) in [5, 5.41) is 0. The Morgan fingerprint density at radius 2 is 2.13 bits per heavy atom. The van der Waals surface area contributed by atoms with Gasteiger partial charge in [-0.15, -0.1) is 0 Å². The maximum Gasteiger partial charge on any atom is 0.339 e. The van der Waals surface area contributed by atoms with Crippen molar-refractivity contribution in [2.45, 2.75) is 26.7 Å². The van der Waals surface area contributed by atoms with Gasteiger partial charge in [0.2, 0.25) is 0 Å². The third kappa shape index (κ3) is 2.81. The third-order valence-corrected chi connectivity index (χ3v) is 3.01. The number of carbonyl (C=O) groups excluding carboxylic acids is 1. The molecule has 0 aromatic heterocycles. The van der Waals surface area contributed by atoms with Gasteiger partial charge in [-0.3, -0.25) is 0 Å². The molecular weight excluding hydrogens is 256 g/mol. The van der Waals surface area contributed by atoms with Crippen molar-refractivity contribution in [1.29, 1.82) is 0 Å². The van der Waals surface area contributed by atoms with Crippen LogP contribution in [0.15, 0.2) is 16.6 Å². The maximum atomic E-state index is 11.4. The Hall–Kier alpha value is -0.830. The van der Waals surface area contributed by atoms with Crippen LogP contribution in [-0.2, 0) is 11.2 Å². The highest BCUT2D eigenvalue weighted by Gasteiger charge is 2.12. The number of aryl methyl sites for hydroxylation is 2. The predicted octanol–water partition coefficient (Wildman–Crippen LogP) is 3.50. The van der Waals surface area contributed by atoms with Crippen molar-refractivity contribution in [2.75, 3.05) is 7.11 Å². The minimum Gasteiger partial charge on any atom is -0.465 e. The van der Waals surface area contributed by atoms with Gasteiger partial charge in [-0.05, 0) is 52.5 Å². The van der Waals surface area contributed by atoms with E-state index in [-0.39, 0.29) is 5.97 Å². The summed E-state index contributed by atoms with van der Waals surface area (Å²) in [7, 11) is 1.40. The van der Waals surface area contributed by atoms with Crippen molar-refractivity contribution in [3.05, 3.63) is 33.3 Å². The van der Waals surface area contributed by atoms with Crippen LogP contribution in [0.25, 0.3) is 0 Å². The van der Waals surface area contributed by atoms with E-state index in [1.165, 1.54) is 18.2 Å². The zero-order valence-corrected chi connectivity index (χ0v) is 10.8. The number of rotatable bonds is 3. The number of hydrogen-bond acceptors (Lipinski definition) is 2. The Labute approximate surface area is 98.8 Å². The van der Waals surface area contributed by atoms with Crippen molar-refractivity contribution in [1.82, 2.24) is 0 Å². The van der Waals surface area contributed by atoms with Crippen molar-refractivity contribution in [3.63, 3.8) is 0 Å². The van der Waals surface area contributed by atoms with Crippen molar-refractivity contribution < 1.29 is 9.53 Å². The Bertz CT molecular complexity index is 372. The van der Waals surface area contributed by atoms with Crippen LogP contribution < -0.4 is 0 Å². The molecule has 2 nitrogen and oxygen atoms in total. The molecule has 0 aliphatic carbocycles.